The molecule has 0 unspecified atom stereocenters. The van der Waals surface area contributed by atoms with E-state index in [2.05, 4.69) is 6.92 Å². The SMILES string of the molecule is CCCCCOc1ccc(N)cc1C(F)F. The van der Waals surface area contributed by atoms with E-state index in [9.17, 15) is 8.78 Å². The smallest absolute Gasteiger partial charge is 0.267 e. The molecule has 0 aliphatic heterocycles. The Balaban J connectivity index is 2.64. The average Bonchev–Trinajstić information content (AvgIpc) is 2.26. The molecule has 2 N–H and O–H groups in total. The first-order valence-corrected chi connectivity index (χ1v) is 5.45. The summed E-state index contributed by atoms with van der Waals surface area (Å²) in [6, 6.07) is 4.34. The first-order chi connectivity index (χ1) is 7.65. The highest BCUT2D eigenvalue weighted by Crippen LogP contribution is 2.30. The maximum atomic E-state index is 12.6. The molecule has 1 rings (SSSR count). The molecule has 1 aromatic carbocycles. The van der Waals surface area contributed by atoms with Crippen molar-refractivity contribution in [2.24, 2.45) is 0 Å². The monoisotopic (exact) mass is 229 g/mol. The molecular weight excluding hydrogens is 212 g/mol. The van der Waals surface area contributed by atoms with E-state index in [-0.39, 0.29) is 11.3 Å². The normalized spacial score (nSPS) is 10.8. The number of hydrogen-bond donors (Lipinski definition) is 1. The predicted molar refractivity (Wildman–Crippen MR) is 60.8 cm³/mol. The fourth-order valence-corrected chi connectivity index (χ4v) is 1.40. The van der Waals surface area contributed by atoms with Gasteiger partial charge >= 0.3 is 0 Å². The maximum absolute atomic E-state index is 12.6. The van der Waals surface area contributed by atoms with Gasteiger partial charge in [-0.05, 0) is 24.6 Å². The van der Waals surface area contributed by atoms with Crippen LogP contribution in [0.4, 0.5) is 14.5 Å². The summed E-state index contributed by atoms with van der Waals surface area (Å²) in [5.74, 6) is 0.236. The zero-order valence-electron chi connectivity index (χ0n) is 9.38. The Morgan fingerprint density at radius 2 is 2.06 bits per heavy atom. The Bertz CT molecular complexity index is 329. The van der Waals surface area contributed by atoms with E-state index in [4.69, 9.17) is 10.5 Å². The van der Waals surface area contributed by atoms with E-state index in [1.54, 1.807) is 6.07 Å². The number of rotatable bonds is 6. The summed E-state index contributed by atoms with van der Waals surface area (Å²) in [4.78, 5) is 0. The van der Waals surface area contributed by atoms with Crippen LogP contribution in [0, 0.1) is 0 Å². The molecule has 0 amide bonds. The van der Waals surface area contributed by atoms with E-state index < -0.39 is 6.43 Å². The van der Waals surface area contributed by atoms with Crippen molar-refractivity contribution in [2.45, 2.75) is 32.6 Å². The van der Waals surface area contributed by atoms with E-state index in [1.165, 1.54) is 12.1 Å². The van der Waals surface area contributed by atoms with Crippen molar-refractivity contribution in [3.63, 3.8) is 0 Å². The molecule has 0 aromatic heterocycles. The third-order valence-electron chi connectivity index (χ3n) is 2.27. The molecule has 1 aromatic rings. The second-order valence-electron chi connectivity index (χ2n) is 3.65. The molecular formula is C12H17F2NO. The van der Waals surface area contributed by atoms with Crippen molar-refractivity contribution < 1.29 is 13.5 Å². The molecule has 0 bridgehead atoms. The minimum atomic E-state index is -2.55. The Kier molecular flexibility index (Phi) is 5.02. The highest BCUT2D eigenvalue weighted by molar-refractivity contribution is 5.48. The number of hydrogen-bond acceptors (Lipinski definition) is 2. The van der Waals surface area contributed by atoms with Gasteiger partial charge in [-0.15, -0.1) is 0 Å². The van der Waals surface area contributed by atoms with Gasteiger partial charge in [0.1, 0.15) is 5.75 Å². The van der Waals surface area contributed by atoms with Crippen LogP contribution in [-0.2, 0) is 0 Å². The third kappa shape index (κ3) is 3.68. The van der Waals surface area contributed by atoms with Gasteiger partial charge in [0.2, 0.25) is 0 Å². The standard InChI is InChI=1S/C12H17F2NO/c1-2-3-4-7-16-11-6-5-9(15)8-10(11)12(13)14/h5-6,8,12H,2-4,7,15H2,1H3. The number of benzene rings is 1. The van der Waals surface area contributed by atoms with Crippen LogP contribution in [0.15, 0.2) is 18.2 Å². The minimum absolute atomic E-state index is 0.128. The van der Waals surface area contributed by atoms with Crippen molar-refractivity contribution >= 4 is 5.69 Å². The number of alkyl halides is 2. The van der Waals surface area contributed by atoms with Crippen LogP contribution in [0.25, 0.3) is 0 Å². The van der Waals surface area contributed by atoms with E-state index in [0.29, 0.717) is 12.3 Å². The number of nitrogen functional groups attached to an aromatic ring is 1. The van der Waals surface area contributed by atoms with Crippen LogP contribution in [0.1, 0.15) is 38.2 Å². The van der Waals surface area contributed by atoms with Crippen molar-refractivity contribution in [1.82, 2.24) is 0 Å². The van der Waals surface area contributed by atoms with Crippen molar-refractivity contribution in [1.29, 1.82) is 0 Å². The first-order valence-electron chi connectivity index (χ1n) is 5.45. The lowest BCUT2D eigenvalue weighted by molar-refractivity contribution is 0.145. The molecule has 0 aliphatic rings. The molecule has 0 saturated carbocycles. The van der Waals surface area contributed by atoms with E-state index in [0.717, 1.165) is 19.3 Å². The summed E-state index contributed by atoms with van der Waals surface area (Å²) in [5.41, 5.74) is 5.65. The Labute approximate surface area is 94.4 Å². The van der Waals surface area contributed by atoms with Crippen LogP contribution < -0.4 is 10.5 Å². The lowest BCUT2D eigenvalue weighted by Crippen LogP contribution is -2.01. The molecule has 0 atom stereocenters. The molecule has 0 aliphatic carbocycles. The molecule has 0 fully saturated rings. The maximum Gasteiger partial charge on any atom is 0.267 e. The van der Waals surface area contributed by atoms with Gasteiger partial charge in [0.15, 0.2) is 0 Å². The minimum Gasteiger partial charge on any atom is -0.493 e. The van der Waals surface area contributed by atoms with Crippen molar-refractivity contribution in [3.05, 3.63) is 23.8 Å². The first kappa shape index (κ1) is 12.7. The summed E-state index contributed by atoms with van der Waals surface area (Å²) in [5, 5.41) is 0. The number of anilines is 1. The van der Waals surface area contributed by atoms with Gasteiger partial charge in [-0.2, -0.15) is 0 Å². The number of halogens is 2. The lowest BCUT2D eigenvalue weighted by atomic mass is 10.2. The third-order valence-corrected chi connectivity index (χ3v) is 2.27. The Morgan fingerprint density at radius 3 is 2.69 bits per heavy atom. The zero-order valence-corrected chi connectivity index (χ0v) is 9.38. The lowest BCUT2D eigenvalue weighted by Gasteiger charge is -2.11. The predicted octanol–water partition coefficient (Wildman–Crippen LogP) is 3.78. The summed E-state index contributed by atoms with van der Waals surface area (Å²) < 4.78 is 30.6. The van der Waals surface area contributed by atoms with Crippen LogP contribution in [0.3, 0.4) is 0 Å². The van der Waals surface area contributed by atoms with Gasteiger partial charge < -0.3 is 10.5 Å². The van der Waals surface area contributed by atoms with Crippen molar-refractivity contribution in [2.75, 3.05) is 12.3 Å². The molecule has 0 saturated heterocycles. The van der Waals surface area contributed by atoms with Crippen LogP contribution >= 0.6 is 0 Å². The molecule has 0 radical (unpaired) electrons. The summed E-state index contributed by atoms with van der Waals surface area (Å²) in [6.07, 6.45) is 0.444. The van der Waals surface area contributed by atoms with Crippen LogP contribution in [0.5, 0.6) is 5.75 Å². The molecule has 16 heavy (non-hydrogen) atoms. The Hall–Kier alpha value is -1.32. The van der Waals surface area contributed by atoms with Gasteiger partial charge in [-0.25, -0.2) is 8.78 Å². The fourth-order valence-electron chi connectivity index (χ4n) is 1.40. The summed E-state index contributed by atoms with van der Waals surface area (Å²) in [6.45, 7) is 2.55. The van der Waals surface area contributed by atoms with Crippen LogP contribution in [-0.4, -0.2) is 6.61 Å². The van der Waals surface area contributed by atoms with E-state index in [1.807, 2.05) is 0 Å². The molecule has 0 heterocycles. The number of nitrogens with two attached hydrogens (primary N) is 1. The number of ether oxygens (including phenoxy) is 1. The quantitative estimate of drug-likeness (QED) is 0.595. The van der Waals surface area contributed by atoms with Gasteiger partial charge in [0.05, 0.1) is 12.2 Å². The Morgan fingerprint density at radius 1 is 1.31 bits per heavy atom. The molecule has 2 nitrogen and oxygen atoms in total. The second-order valence-corrected chi connectivity index (χ2v) is 3.65. The van der Waals surface area contributed by atoms with Gasteiger partial charge in [0, 0.05) is 5.69 Å². The second kappa shape index (κ2) is 6.30. The van der Waals surface area contributed by atoms with Crippen LogP contribution in [0.2, 0.25) is 0 Å². The van der Waals surface area contributed by atoms with Gasteiger partial charge in [0.25, 0.3) is 6.43 Å². The van der Waals surface area contributed by atoms with Crippen molar-refractivity contribution in [3.8, 4) is 5.75 Å². The highest BCUT2D eigenvalue weighted by Gasteiger charge is 2.14. The largest absolute Gasteiger partial charge is 0.493 e. The van der Waals surface area contributed by atoms with E-state index >= 15 is 0 Å². The fraction of sp³-hybridized carbons (Fsp3) is 0.500. The molecule has 90 valence electrons. The average molecular weight is 229 g/mol. The zero-order chi connectivity index (χ0) is 12.0. The summed E-state index contributed by atoms with van der Waals surface area (Å²) in [7, 11) is 0. The number of unbranched alkanes of at least 4 members (excludes halogenated alkanes) is 2. The molecule has 0 spiro atoms. The highest BCUT2D eigenvalue weighted by atomic mass is 19.3. The van der Waals surface area contributed by atoms with Gasteiger partial charge in [-0.3, -0.25) is 0 Å². The van der Waals surface area contributed by atoms with Gasteiger partial charge in [-0.1, -0.05) is 19.8 Å². The topological polar surface area (TPSA) is 35.2 Å². The molecule has 4 heteroatoms. The summed E-state index contributed by atoms with van der Waals surface area (Å²) >= 11 is 0.